The molecule has 0 spiro atoms. The Balaban J connectivity index is 2.60. The number of rotatable bonds is 2. The van der Waals surface area contributed by atoms with E-state index in [1.807, 2.05) is 0 Å². The van der Waals surface area contributed by atoms with E-state index in [4.69, 9.17) is 4.74 Å². The fraction of sp³-hybridized carbons (Fsp3) is 0.667. The summed E-state index contributed by atoms with van der Waals surface area (Å²) in [6, 6.07) is 0. The van der Waals surface area contributed by atoms with Crippen LogP contribution in [0.4, 0.5) is 13.2 Å². The number of Topliss-reactive ketones (excluding diaryl/α,β-unsaturated/α-hetero) is 1. The molecule has 1 fully saturated rings. The quantitative estimate of drug-likeness (QED) is 0.649. The highest BCUT2D eigenvalue weighted by atomic mass is 19.4. The average molecular weight is 208 g/mol. The molecule has 0 unspecified atom stereocenters. The molecule has 1 heterocycles. The predicted octanol–water partition coefficient (Wildman–Crippen LogP) is 2.10. The highest BCUT2D eigenvalue weighted by molar-refractivity contribution is 5.97. The summed E-state index contributed by atoms with van der Waals surface area (Å²) in [6.45, 7) is 3.48. The molecular formula is C9H11F3O2. The van der Waals surface area contributed by atoms with Crippen LogP contribution in [0.5, 0.6) is 0 Å². The van der Waals surface area contributed by atoms with Gasteiger partial charge in [-0.05, 0) is 12.8 Å². The van der Waals surface area contributed by atoms with Crippen molar-refractivity contribution in [1.82, 2.24) is 0 Å². The Kier molecular flexibility index (Phi) is 3.31. The van der Waals surface area contributed by atoms with Crippen LogP contribution in [0.2, 0.25) is 0 Å². The van der Waals surface area contributed by atoms with Gasteiger partial charge in [-0.3, -0.25) is 4.79 Å². The molecule has 1 saturated heterocycles. The van der Waals surface area contributed by atoms with E-state index in [2.05, 4.69) is 6.58 Å². The van der Waals surface area contributed by atoms with Crippen LogP contribution in [0, 0.1) is 5.92 Å². The van der Waals surface area contributed by atoms with Crippen LogP contribution in [0.15, 0.2) is 12.2 Å². The Hall–Kier alpha value is -0.840. The summed E-state index contributed by atoms with van der Waals surface area (Å²) < 4.78 is 41.3. The summed E-state index contributed by atoms with van der Waals surface area (Å²) in [6.07, 6.45) is -3.89. The monoisotopic (exact) mass is 208 g/mol. The van der Waals surface area contributed by atoms with Gasteiger partial charge in [-0.15, -0.1) is 0 Å². The Morgan fingerprint density at radius 1 is 1.29 bits per heavy atom. The Labute approximate surface area is 79.7 Å². The van der Waals surface area contributed by atoms with Crippen LogP contribution >= 0.6 is 0 Å². The second-order valence-electron chi connectivity index (χ2n) is 3.23. The molecular weight excluding hydrogens is 197 g/mol. The molecule has 0 amide bonds. The number of ketones is 1. The van der Waals surface area contributed by atoms with Gasteiger partial charge in [0.25, 0.3) is 0 Å². The molecule has 1 aliphatic rings. The van der Waals surface area contributed by atoms with Gasteiger partial charge in [0.2, 0.25) is 0 Å². The third-order valence-corrected chi connectivity index (χ3v) is 2.23. The van der Waals surface area contributed by atoms with E-state index in [0.717, 1.165) is 0 Å². The lowest BCUT2D eigenvalue weighted by Gasteiger charge is -2.22. The van der Waals surface area contributed by atoms with Crippen LogP contribution in [0.25, 0.3) is 0 Å². The fourth-order valence-corrected chi connectivity index (χ4v) is 1.35. The average Bonchev–Trinajstić information content (AvgIpc) is 2.15. The summed E-state index contributed by atoms with van der Waals surface area (Å²) in [4.78, 5) is 11.3. The molecule has 0 aromatic rings. The molecule has 80 valence electrons. The zero-order valence-corrected chi connectivity index (χ0v) is 7.56. The van der Waals surface area contributed by atoms with E-state index in [1.165, 1.54) is 0 Å². The zero-order valence-electron chi connectivity index (χ0n) is 7.56. The van der Waals surface area contributed by atoms with E-state index in [9.17, 15) is 18.0 Å². The van der Waals surface area contributed by atoms with Gasteiger partial charge in [-0.2, -0.15) is 13.2 Å². The number of alkyl halides is 3. The third-order valence-electron chi connectivity index (χ3n) is 2.23. The minimum atomic E-state index is -4.60. The molecule has 0 bridgehead atoms. The zero-order chi connectivity index (χ0) is 10.8. The van der Waals surface area contributed by atoms with Crippen molar-refractivity contribution < 1.29 is 22.7 Å². The predicted molar refractivity (Wildman–Crippen MR) is 43.7 cm³/mol. The van der Waals surface area contributed by atoms with Crippen LogP contribution in [-0.2, 0) is 9.53 Å². The Morgan fingerprint density at radius 2 is 1.79 bits per heavy atom. The number of carbonyl (C=O) groups is 1. The molecule has 1 rings (SSSR count). The lowest BCUT2D eigenvalue weighted by Crippen LogP contribution is -2.29. The van der Waals surface area contributed by atoms with Gasteiger partial charge in [0.05, 0.1) is 5.57 Å². The third kappa shape index (κ3) is 2.57. The molecule has 1 aliphatic heterocycles. The number of allylic oxidation sites excluding steroid dienone is 1. The van der Waals surface area contributed by atoms with Crippen molar-refractivity contribution in [2.24, 2.45) is 5.92 Å². The van der Waals surface area contributed by atoms with Gasteiger partial charge in [0.1, 0.15) is 0 Å². The number of carbonyl (C=O) groups excluding carboxylic acids is 1. The van der Waals surface area contributed by atoms with E-state index in [1.54, 1.807) is 0 Å². The molecule has 0 radical (unpaired) electrons. The molecule has 14 heavy (non-hydrogen) atoms. The highest BCUT2D eigenvalue weighted by Crippen LogP contribution is 2.29. The molecule has 0 aromatic heterocycles. The molecule has 2 nitrogen and oxygen atoms in total. The Bertz CT molecular complexity index is 239. The second-order valence-corrected chi connectivity index (χ2v) is 3.23. The van der Waals surface area contributed by atoms with Crippen molar-refractivity contribution >= 4 is 5.78 Å². The van der Waals surface area contributed by atoms with Crippen molar-refractivity contribution in [3.8, 4) is 0 Å². The summed E-state index contributed by atoms with van der Waals surface area (Å²) in [5, 5.41) is 0. The standard InChI is InChI=1S/C9H11F3O2/c1-6(9(10,11)12)8(13)7-2-4-14-5-3-7/h7H,1-5H2. The van der Waals surface area contributed by atoms with Gasteiger partial charge < -0.3 is 4.74 Å². The van der Waals surface area contributed by atoms with Crippen molar-refractivity contribution in [2.75, 3.05) is 13.2 Å². The van der Waals surface area contributed by atoms with Gasteiger partial charge in [0.15, 0.2) is 5.78 Å². The molecule has 0 aromatic carbocycles. The minimum Gasteiger partial charge on any atom is -0.381 e. The van der Waals surface area contributed by atoms with Gasteiger partial charge in [-0.1, -0.05) is 6.58 Å². The molecule has 0 aliphatic carbocycles. The highest BCUT2D eigenvalue weighted by Gasteiger charge is 2.39. The van der Waals surface area contributed by atoms with Crippen molar-refractivity contribution in [1.29, 1.82) is 0 Å². The van der Waals surface area contributed by atoms with Gasteiger partial charge >= 0.3 is 6.18 Å². The first-order chi connectivity index (χ1) is 6.43. The van der Waals surface area contributed by atoms with Gasteiger partial charge in [-0.25, -0.2) is 0 Å². The first kappa shape index (κ1) is 11.2. The number of ether oxygens (including phenoxy) is 1. The maximum atomic E-state index is 12.1. The van der Waals surface area contributed by atoms with Crippen LogP contribution in [0.1, 0.15) is 12.8 Å². The molecule has 0 saturated carbocycles. The normalized spacial score (nSPS) is 19.4. The maximum Gasteiger partial charge on any atom is 0.419 e. The first-order valence-electron chi connectivity index (χ1n) is 4.31. The molecule has 0 N–H and O–H groups in total. The number of halogens is 3. The summed E-state index contributed by atoms with van der Waals surface area (Å²) in [5.41, 5.74) is -1.25. The van der Waals surface area contributed by atoms with E-state index in [0.29, 0.717) is 26.1 Å². The lowest BCUT2D eigenvalue weighted by molar-refractivity contribution is -0.134. The van der Waals surface area contributed by atoms with Crippen LogP contribution < -0.4 is 0 Å². The van der Waals surface area contributed by atoms with E-state index in [-0.39, 0.29) is 0 Å². The van der Waals surface area contributed by atoms with E-state index >= 15 is 0 Å². The van der Waals surface area contributed by atoms with Crippen molar-refractivity contribution in [3.63, 3.8) is 0 Å². The summed E-state index contributed by atoms with van der Waals surface area (Å²) >= 11 is 0. The van der Waals surface area contributed by atoms with E-state index < -0.39 is 23.5 Å². The Morgan fingerprint density at radius 3 is 2.21 bits per heavy atom. The number of hydrogen-bond acceptors (Lipinski definition) is 2. The maximum absolute atomic E-state index is 12.1. The summed E-state index contributed by atoms with van der Waals surface area (Å²) in [7, 11) is 0. The fourth-order valence-electron chi connectivity index (χ4n) is 1.35. The summed E-state index contributed by atoms with van der Waals surface area (Å²) in [5.74, 6) is -1.46. The second kappa shape index (κ2) is 4.13. The first-order valence-corrected chi connectivity index (χ1v) is 4.31. The smallest absolute Gasteiger partial charge is 0.381 e. The lowest BCUT2D eigenvalue weighted by atomic mass is 9.91. The largest absolute Gasteiger partial charge is 0.419 e. The molecule has 0 atom stereocenters. The van der Waals surface area contributed by atoms with Crippen LogP contribution in [-0.4, -0.2) is 25.2 Å². The SMILES string of the molecule is C=C(C(=O)C1CCOCC1)C(F)(F)F. The van der Waals surface area contributed by atoms with Crippen molar-refractivity contribution in [2.45, 2.75) is 19.0 Å². The topological polar surface area (TPSA) is 26.3 Å². The number of hydrogen-bond donors (Lipinski definition) is 0. The van der Waals surface area contributed by atoms with Crippen molar-refractivity contribution in [3.05, 3.63) is 12.2 Å². The minimum absolute atomic E-state index is 0.349. The van der Waals surface area contributed by atoms with Crippen LogP contribution in [0.3, 0.4) is 0 Å². The van der Waals surface area contributed by atoms with Gasteiger partial charge in [0, 0.05) is 19.1 Å². The molecule has 5 heteroatoms.